The molecule has 0 radical (unpaired) electrons. The topological polar surface area (TPSA) is 61.4 Å². The largest absolute Gasteiger partial charge is 0.363 e. The van der Waals surface area contributed by atoms with Crippen molar-refractivity contribution in [3.63, 3.8) is 0 Å². The molecule has 5 rings (SSSR count). The zero-order chi connectivity index (χ0) is 21.0. The molecule has 1 heterocycles. The summed E-state index contributed by atoms with van der Waals surface area (Å²) in [6.07, 6.45) is 4.83. The molecule has 5 nitrogen and oxygen atoms in total. The van der Waals surface area contributed by atoms with Gasteiger partial charge in [0.25, 0.3) is 0 Å². The lowest BCUT2D eigenvalue weighted by Gasteiger charge is -2.57. The third-order valence-electron chi connectivity index (χ3n) is 7.16. The molecule has 29 heavy (non-hydrogen) atoms. The molecule has 1 aromatic carbocycles. The van der Waals surface area contributed by atoms with Crippen molar-refractivity contribution >= 4 is 23.2 Å². The summed E-state index contributed by atoms with van der Waals surface area (Å²) in [7, 11) is 0. The second kappa shape index (κ2) is 6.89. The lowest BCUT2D eigenvalue weighted by atomic mass is 9.49. The Hall–Kier alpha value is -2.30. The maximum atomic E-state index is 12.9. The molecule has 2 N–H and O–H groups in total. The Morgan fingerprint density at radius 2 is 2.00 bits per heavy atom. The van der Waals surface area contributed by atoms with E-state index in [2.05, 4.69) is 41.5 Å². The first-order valence-electron chi connectivity index (χ1n) is 10.7. The molecule has 1 unspecified atom stereocenters. The molecule has 3 atom stereocenters. The SMILES string of the molecule is CC(C)(C)C(=O)N[C@@H]1CN(CC2=CCC3C[C@H]2C3(C)C)c2ccccc2NC1=O. The Morgan fingerprint density at radius 3 is 2.66 bits per heavy atom. The van der Waals surface area contributed by atoms with Crippen LogP contribution in [0.3, 0.4) is 0 Å². The number of nitrogens with one attached hydrogen (secondary N) is 2. The zero-order valence-corrected chi connectivity index (χ0v) is 18.2. The van der Waals surface area contributed by atoms with Crippen LogP contribution < -0.4 is 15.5 Å². The monoisotopic (exact) mass is 395 g/mol. The molecule has 3 aliphatic carbocycles. The molecule has 0 aromatic heterocycles. The zero-order valence-electron chi connectivity index (χ0n) is 18.2. The van der Waals surface area contributed by atoms with E-state index in [0.717, 1.165) is 30.3 Å². The van der Waals surface area contributed by atoms with Crippen LogP contribution in [0.1, 0.15) is 47.5 Å². The van der Waals surface area contributed by atoms with E-state index in [1.165, 1.54) is 12.0 Å². The smallest absolute Gasteiger partial charge is 0.248 e. The standard InChI is InChI=1S/C24H33N3O2/c1-23(2,3)22(29)26-19-14-27(20-9-7-6-8-18(20)25-21(19)28)13-15-10-11-16-12-17(15)24(16,4)5/h6-10,16-17,19H,11-14H2,1-5H3,(H,25,28)(H,26,29)/t16?,17-,19-/m1/s1. The van der Waals surface area contributed by atoms with Crippen molar-refractivity contribution in [1.82, 2.24) is 5.32 Å². The van der Waals surface area contributed by atoms with Crippen LogP contribution in [0.5, 0.6) is 0 Å². The molecule has 1 fully saturated rings. The van der Waals surface area contributed by atoms with Gasteiger partial charge in [-0.1, -0.05) is 58.4 Å². The first kappa shape index (κ1) is 20.0. The first-order chi connectivity index (χ1) is 13.6. The highest BCUT2D eigenvalue weighted by atomic mass is 16.2. The van der Waals surface area contributed by atoms with Gasteiger partial charge in [0.2, 0.25) is 11.8 Å². The number of carbonyl (C=O) groups excluding carboxylic acids is 2. The van der Waals surface area contributed by atoms with Gasteiger partial charge in [0, 0.05) is 18.5 Å². The van der Waals surface area contributed by atoms with E-state index >= 15 is 0 Å². The Kier molecular flexibility index (Phi) is 4.75. The number of rotatable bonds is 3. The predicted molar refractivity (Wildman–Crippen MR) is 117 cm³/mol. The third-order valence-corrected chi connectivity index (χ3v) is 7.16. The Morgan fingerprint density at radius 1 is 1.28 bits per heavy atom. The van der Waals surface area contributed by atoms with Gasteiger partial charge in [-0.25, -0.2) is 0 Å². The average Bonchev–Trinajstić information content (AvgIpc) is 2.78. The number of carbonyl (C=O) groups is 2. The van der Waals surface area contributed by atoms with Gasteiger partial charge in [-0.05, 0) is 42.2 Å². The van der Waals surface area contributed by atoms with Crippen LogP contribution in [0.2, 0.25) is 0 Å². The van der Waals surface area contributed by atoms with Gasteiger partial charge in [0.1, 0.15) is 6.04 Å². The van der Waals surface area contributed by atoms with Gasteiger partial charge in [-0.3, -0.25) is 9.59 Å². The molecule has 156 valence electrons. The second-order valence-corrected chi connectivity index (χ2v) is 10.5. The van der Waals surface area contributed by atoms with Gasteiger partial charge in [-0.15, -0.1) is 0 Å². The molecule has 4 aliphatic rings. The molecule has 0 spiro atoms. The fourth-order valence-electron chi connectivity index (χ4n) is 4.99. The van der Waals surface area contributed by atoms with Crippen LogP contribution in [-0.2, 0) is 9.59 Å². The number of nitrogens with zero attached hydrogens (tertiary/aromatic N) is 1. The van der Waals surface area contributed by atoms with Crippen molar-refractivity contribution in [3.05, 3.63) is 35.9 Å². The lowest BCUT2D eigenvalue weighted by molar-refractivity contribution is -0.131. The van der Waals surface area contributed by atoms with Crippen molar-refractivity contribution in [1.29, 1.82) is 0 Å². The van der Waals surface area contributed by atoms with Crippen LogP contribution >= 0.6 is 0 Å². The van der Waals surface area contributed by atoms with E-state index in [-0.39, 0.29) is 11.8 Å². The highest BCUT2D eigenvalue weighted by Gasteiger charge is 2.51. The third kappa shape index (κ3) is 3.56. The number of allylic oxidation sites excluding steroid dienone is 1. The molecule has 1 aromatic rings. The summed E-state index contributed by atoms with van der Waals surface area (Å²) in [5.41, 5.74) is 3.13. The average molecular weight is 396 g/mol. The van der Waals surface area contributed by atoms with E-state index < -0.39 is 11.5 Å². The van der Waals surface area contributed by atoms with Gasteiger partial charge in [-0.2, -0.15) is 0 Å². The molecule has 2 amide bonds. The van der Waals surface area contributed by atoms with Crippen molar-refractivity contribution < 1.29 is 9.59 Å². The summed E-state index contributed by atoms with van der Waals surface area (Å²) >= 11 is 0. The Bertz CT molecular complexity index is 865. The van der Waals surface area contributed by atoms with Crippen LogP contribution in [0.4, 0.5) is 11.4 Å². The summed E-state index contributed by atoms with van der Waals surface area (Å²) in [6, 6.07) is 7.35. The number of fused-ring (bicyclic) bond motifs is 2. The van der Waals surface area contributed by atoms with Crippen LogP contribution in [0, 0.1) is 22.7 Å². The van der Waals surface area contributed by atoms with Crippen molar-refractivity contribution in [2.75, 3.05) is 23.3 Å². The van der Waals surface area contributed by atoms with E-state index in [4.69, 9.17) is 0 Å². The molecule has 0 saturated heterocycles. The number of hydrogen-bond donors (Lipinski definition) is 2. The minimum atomic E-state index is -0.583. The van der Waals surface area contributed by atoms with Crippen molar-refractivity contribution in [2.45, 2.75) is 53.5 Å². The van der Waals surface area contributed by atoms with Gasteiger partial charge in [0.05, 0.1) is 11.4 Å². The highest BCUT2D eigenvalue weighted by Crippen LogP contribution is 2.59. The molecule has 1 aliphatic heterocycles. The molecule has 5 heteroatoms. The molecular weight excluding hydrogens is 362 g/mol. The summed E-state index contributed by atoms with van der Waals surface area (Å²) in [4.78, 5) is 27.7. The van der Waals surface area contributed by atoms with Crippen LogP contribution in [0.15, 0.2) is 35.9 Å². The highest BCUT2D eigenvalue weighted by molar-refractivity contribution is 6.01. The van der Waals surface area contributed by atoms with Crippen LogP contribution in [0.25, 0.3) is 0 Å². The van der Waals surface area contributed by atoms with E-state index in [0.29, 0.717) is 17.9 Å². The maximum absolute atomic E-state index is 12.9. The van der Waals surface area contributed by atoms with Gasteiger partial charge >= 0.3 is 0 Å². The quantitative estimate of drug-likeness (QED) is 0.762. The van der Waals surface area contributed by atoms with Crippen molar-refractivity contribution in [2.24, 2.45) is 22.7 Å². The minimum absolute atomic E-state index is 0.108. The summed E-state index contributed by atoms with van der Waals surface area (Å²) < 4.78 is 0. The number of benzene rings is 1. The number of hydrogen-bond acceptors (Lipinski definition) is 3. The lowest BCUT2D eigenvalue weighted by Crippen LogP contribution is -2.53. The predicted octanol–water partition coefficient (Wildman–Crippen LogP) is 3.97. The fraction of sp³-hybridized carbons (Fsp3) is 0.583. The first-order valence-corrected chi connectivity index (χ1v) is 10.7. The normalized spacial score (nSPS) is 27.8. The molecule has 2 bridgehead atoms. The van der Waals surface area contributed by atoms with Crippen LogP contribution in [-0.4, -0.2) is 30.9 Å². The maximum Gasteiger partial charge on any atom is 0.248 e. The van der Waals surface area contributed by atoms with Crippen molar-refractivity contribution in [3.8, 4) is 0 Å². The molecule has 1 saturated carbocycles. The summed E-state index contributed by atoms with van der Waals surface area (Å²) in [6.45, 7) is 11.6. The minimum Gasteiger partial charge on any atom is -0.363 e. The number of para-hydroxylation sites is 2. The molecular formula is C24H33N3O2. The number of anilines is 2. The second-order valence-electron chi connectivity index (χ2n) is 10.5. The summed E-state index contributed by atoms with van der Waals surface area (Å²) in [5.74, 6) is 1.15. The van der Waals surface area contributed by atoms with E-state index in [1.807, 2.05) is 39.0 Å². The summed E-state index contributed by atoms with van der Waals surface area (Å²) in [5, 5.41) is 5.99. The Labute approximate surface area is 173 Å². The van der Waals surface area contributed by atoms with Gasteiger partial charge < -0.3 is 15.5 Å². The van der Waals surface area contributed by atoms with E-state index in [9.17, 15) is 9.59 Å². The Balaban J connectivity index is 1.61. The van der Waals surface area contributed by atoms with Gasteiger partial charge in [0.15, 0.2) is 0 Å². The fourth-order valence-corrected chi connectivity index (χ4v) is 4.99. The van der Waals surface area contributed by atoms with E-state index in [1.54, 1.807) is 0 Å². The number of amides is 2.